The van der Waals surface area contributed by atoms with Crippen LogP contribution in [0.3, 0.4) is 0 Å². The minimum Gasteiger partial charge on any atom is -0.456 e. The summed E-state index contributed by atoms with van der Waals surface area (Å²) in [6.07, 6.45) is 2.18. The van der Waals surface area contributed by atoms with E-state index in [-0.39, 0.29) is 12.2 Å². The van der Waals surface area contributed by atoms with Gasteiger partial charge in [0.1, 0.15) is 17.3 Å². The van der Waals surface area contributed by atoms with Crippen molar-refractivity contribution < 1.29 is 4.42 Å². The van der Waals surface area contributed by atoms with Crippen molar-refractivity contribution in [1.29, 1.82) is 0 Å². The second-order valence-corrected chi connectivity index (χ2v) is 15.0. The van der Waals surface area contributed by atoms with Gasteiger partial charge in [-0.1, -0.05) is 133 Å². The average Bonchev–Trinajstić information content (AvgIpc) is 3.95. The molecular formula is C52H36N4O. The van der Waals surface area contributed by atoms with Crippen LogP contribution in [0.15, 0.2) is 199 Å². The number of furan rings is 1. The van der Waals surface area contributed by atoms with Crippen molar-refractivity contribution in [3.05, 3.63) is 211 Å². The van der Waals surface area contributed by atoms with Crippen molar-refractivity contribution in [1.82, 2.24) is 19.8 Å². The Kier molecular flexibility index (Phi) is 7.06. The fourth-order valence-corrected chi connectivity index (χ4v) is 9.28. The number of hydrogen-bond acceptors (Lipinski definition) is 3. The number of aromatic nitrogens is 2. The van der Waals surface area contributed by atoms with Gasteiger partial charge in [-0.2, -0.15) is 0 Å². The lowest BCUT2D eigenvalue weighted by Gasteiger charge is -2.33. The van der Waals surface area contributed by atoms with Crippen molar-refractivity contribution in [2.75, 3.05) is 0 Å². The summed E-state index contributed by atoms with van der Waals surface area (Å²) in [6, 6.07) is 67.4. The Bertz CT molecular complexity index is 3360. The SMILES string of the molecule is C1=C(c2ccccc2)NC(c2cccc(-n3c4ccccc4c4c3ccc3c5ccc6oc7ccccc7c6c5n(-c5ccccc5)c34)c2)NC1c1ccccc1. The Morgan fingerprint density at radius 2 is 1.09 bits per heavy atom. The van der Waals surface area contributed by atoms with Crippen LogP contribution in [-0.4, -0.2) is 9.13 Å². The summed E-state index contributed by atoms with van der Waals surface area (Å²) in [7, 11) is 0. The van der Waals surface area contributed by atoms with Gasteiger partial charge in [0, 0.05) is 44.0 Å². The molecule has 11 aromatic rings. The maximum atomic E-state index is 6.46. The van der Waals surface area contributed by atoms with E-state index < -0.39 is 0 Å². The highest BCUT2D eigenvalue weighted by Crippen LogP contribution is 2.45. The second kappa shape index (κ2) is 12.6. The first-order valence-electron chi connectivity index (χ1n) is 19.6. The molecule has 2 N–H and O–H groups in total. The highest BCUT2D eigenvalue weighted by molar-refractivity contribution is 6.30. The molecule has 270 valence electrons. The molecule has 2 atom stereocenters. The van der Waals surface area contributed by atoms with Crippen LogP contribution in [0, 0.1) is 0 Å². The molecule has 0 spiro atoms. The first kappa shape index (κ1) is 32.0. The molecule has 0 saturated carbocycles. The van der Waals surface area contributed by atoms with Gasteiger partial charge >= 0.3 is 0 Å². The predicted molar refractivity (Wildman–Crippen MR) is 235 cm³/mol. The number of para-hydroxylation sites is 3. The van der Waals surface area contributed by atoms with Crippen molar-refractivity contribution in [3.63, 3.8) is 0 Å². The molecule has 0 saturated heterocycles. The molecular weight excluding hydrogens is 697 g/mol. The third kappa shape index (κ3) is 4.93. The zero-order chi connectivity index (χ0) is 37.5. The number of nitrogens with zero attached hydrogens (tertiary/aromatic N) is 2. The molecule has 57 heavy (non-hydrogen) atoms. The van der Waals surface area contributed by atoms with Crippen molar-refractivity contribution in [2.45, 2.75) is 12.2 Å². The van der Waals surface area contributed by atoms with Crippen LogP contribution in [0.25, 0.3) is 82.6 Å². The third-order valence-corrected chi connectivity index (χ3v) is 11.8. The van der Waals surface area contributed by atoms with Gasteiger partial charge in [0.15, 0.2) is 0 Å². The van der Waals surface area contributed by atoms with Crippen molar-refractivity contribution in [2.24, 2.45) is 0 Å². The van der Waals surface area contributed by atoms with Crippen LogP contribution in [0.5, 0.6) is 0 Å². The summed E-state index contributed by atoms with van der Waals surface area (Å²) >= 11 is 0. The van der Waals surface area contributed by atoms with Crippen LogP contribution in [-0.2, 0) is 0 Å². The number of benzene rings is 8. The minimum atomic E-state index is -0.122. The van der Waals surface area contributed by atoms with E-state index in [0.717, 1.165) is 61.1 Å². The lowest BCUT2D eigenvalue weighted by molar-refractivity contribution is 0.442. The Morgan fingerprint density at radius 1 is 0.439 bits per heavy atom. The predicted octanol–water partition coefficient (Wildman–Crippen LogP) is 12.8. The normalized spacial score (nSPS) is 15.9. The molecule has 5 heteroatoms. The van der Waals surface area contributed by atoms with Crippen LogP contribution in [0.4, 0.5) is 0 Å². The highest BCUT2D eigenvalue weighted by Gasteiger charge is 2.26. The zero-order valence-corrected chi connectivity index (χ0v) is 30.9. The molecule has 3 aromatic heterocycles. The standard InChI is InChI=1S/C52H36N4O/c1-4-15-33(16-5-1)42-32-43(34-17-6-2-7-18-34)54-52(53-42)35-19-14-22-37(31-35)55-44-25-12-10-23-40(44)48-45(55)29-27-38-39-28-30-47-49(41-24-11-13-26-46(41)57-47)51(39)56(50(38)48)36-20-8-3-9-21-36/h1-32,42,52-54H. The second-order valence-electron chi connectivity index (χ2n) is 15.0. The largest absolute Gasteiger partial charge is 0.456 e. The van der Waals surface area contributed by atoms with E-state index in [1.165, 1.54) is 38.2 Å². The lowest BCUT2D eigenvalue weighted by Crippen LogP contribution is -2.39. The Balaban J connectivity index is 1.10. The molecule has 0 amide bonds. The monoisotopic (exact) mass is 732 g/mol. The molecule has 12 rings (SSSR count). The maximum Gasteiger partial charge on any atom is 0.137 e. The van der Waals surface area contributed by atoms with Crippen LogP contribution < -0.4 is 10.6 Å². The van der Waals surface area contributed by atoms with Gasteiger partial charge in [0.2, 0.25) is 0 Å². The van der Waals surface area contributed by atoms with Gasteiger partial charge in [-0.15, -0.1) is 0 Å². The number of rotatable bonds is 5. The lowest BCUT2D eigenvalue weighted by atomic mass is 9.98. The molecule has 1 aliphatic rings. The third-order valence-electron chi connectivity index (χ3n) is 11.8. The molecule has 4 heterocycles. The summed E-state index contributed by atoms with van der Waals surface area (Å²) in [6.45, 7) is 0. The zero-order valence-electron chi connectivity index (χ0n) is 30.9. The van der Waals surface area contributed by atoms with Gasteiger partial charge in [0.25, 0.3) is 0 Å². The van der Waals surface area contributed by atoms with Gasteiger partial charge in [-0.25, -0.2) is 0 Å². The van der Waals surface area contributed by atoms with Gasteiger partial charge < -0.3 is 18.9 Å². The van der Waals surface area contributed by atoms with Crippen LogP contribution in [0.1, 0.15) is 28.9 Å². The Hall–Kier alpha value is -7.34. The Labute approximate surface area is 328 Å². The molecule has 8 aromatic carbocycles. The van der Waals surface area contributed by atoms with Crippen LogP contribution >= 0.6 is 0 Å². The number of fused-ring (bicyclic) bond motifs is 11. The first-order valence-corrected chi connectivity index (χ1v) is 19.6. The average molecular weight is 733 g/mol. The van der Waals surface area contributed by atoms with E-state index in [4.69, 9.17) is 4.42 Å². The topological polar surface area (TPSA) is 47.1 Å². The van der Waals surface area contributed by atoms with Crippen LogP contribution in [0.2, 0.25) is 0 Å². The summed E-state index contributed by atoms with van der Waals surface area (Å²) in [4.78, 5) is 0. The van der Waals surface area contributed by atoms with E-state index in [2.05, 4.69) is 208 Å². The smallest absolute Gasteiger partial charge is 0.137 e. The fourth-order valence-electron chi connectivity index (χ4n) is 9.28. The number of hydrogen-bond donors (Lipinski definition) is 2. The molecule has 0 radical (unpaired) electrons. The molecule has 1 aliphatic heterocycles. The summed E-state index contributed by atoms with van der Waals surface area (Å²) < 4.78 is 11.4. The molecule has 0 aliphatic carbocycles. The summed E-state index contributed by atoms with van der Waals surface area (Å²) in [5.41, 5.74) is 13.4. The van der Waals surface area contributed by atoms with Gasteiger partial charge in [-0.3, -0.25) is 5.32 Å². The van der Waals surface area contributed by atoms with Gasteiger partial charge in [-0.05, 0) is 77.4 Å². The molecule has 5 nitrogen and oxygen atoms in total. The van der Waals surface area contributed by atoms with Gasteiger partial charge in [0.05, 0.1) is 33.5 Å². The Morgan fingerprint density at radius 3 is 1.91 bits per heavy atom. The van der Waals surface area contributed by atoms with E-state index >= 15 is 0 Å². The maximum absolute atomic E-state index is 6.46. The summed E-state index contributed by atoms with van der Waals surface area (Å²) in [5, 5.41) is 14.9. The highest BCUT2D eigenvalue weighted by atomic mass is 16.3. The van der Waals surface area contributed by atoms with E-state index in [1.54, 1.807) is 0 Å². The van der Waals surface area contributed by atoms with E-state index in [1.807, 2.05) is 6.07 Å². The quantitative estimate of drug-likeness (QED) is 0.185. The van der Waals surface area contributed by atoms with E-state index in [0.29, 0.717) is 0 Å². The number of nitrogens with one attached hydrogen (secondary N) is 2. The van der Waals surface area contributed by atoms with Crippen molar-refractivity contribution in [3.8, 4) is 11.4 Å². The van der Waals surface area contributed by atoms with E-state index in [9.17, 15) is 0 Å². The first-order chi connectivity index (χ1) is 28.3. The molecule has 2 unspecified atom stereocenters. The molecule has 0 fully saturated rings. The fraction of sp³-hybridized carbons (Fsp3) is 0.0385. The van der Waals surface area contributed by atoms with Crippen molar-refractivity contribution >= 4 is 71.2 Å². The summed E-state index contributed by atoms with van der Waals surface area (Å²) in [5.74, 6) is 0. The molecule has 0 bridgehead atoms. The minimum absolute atomic E-state index is 0.0385.